The molecule has 1 aromatic carbocycles. The summed E-state index contributed by atoms with van der Waals surface area (Å²) in [5.41, 5.74) is 1.49. The van der Waals surface area contributed by atoms with E-state index >= 15 is 0 Å². The average molecular weight is 205 g/mol. The van der Waals surface area contributed by atoms with Gasteiger partial charge in [-0.25, -0.2) is 0 Å². The molecule has 0 atom stereocenters. The Morgan fingerprint density at radius 3 is 2.53 bits per heavy atom. The van der Waals surface area contributed by atoms with Crippen LogP contribution in [0.15, 0.2) is 35.5 Å². The first-order valence-electron chi connectivity index (χ1n) is 4.95. The third kappa shape index (κ3) is 3.54. The minimum absolute atomic E-state index is 0.0771. The van der Waals surface area contributed by atoms with Crippen LogP contribution >= 0.6 is 0 Å². The fourth-order valence-electron chi connectivity index (χ4n) is 1.26. The Morgan fingerprint density at radius 2 is 2.00 bits per heavy atom. The second-order valence-corrected chi connectivity index (χ2v) is 3.16. The molecule has 0 radical (unpaired) electrons. The van der Waals surface area contributed by atoms with Crippen LogP contribution in [0.1, 0.15) is 30.1 Å². The fraction of sp³-hybridized carbons (Fsp3) is 0.333. The summed E-state index contributed by atoms with van der Waals surface area (Å²) in [6, 6.07) is 9.21. The van der Waals surface area contributed by atoms with Gasteiger partial charge in [-0.05, 0) is 6.42 Å². The fourth-order valence-corrected chi connectivity index (χ4v) is 1.26. The summed E-state index contributed by atoms with van der Waals surface area (Å²) in [6.45, 7) is 1.95. The van der Waals surface area contributed by atoms with E-state index < -0.39 is 0 Å². The summed E-state index contributed by atoms with van der Waals surface area (Å²) in [7, 11) is 1.49. The highest BCUT2D eigenvalue weighted by Crippen LogP contribution is 2.05. The number of benzene rings is 1. The summed E-state index contributed by atoms with van der Waals surface area (Å²) in [5, 5.41) is 3.80. The molecule has 0 spiro atoms. The Morgan fingerprint density at radius 1 is 1.33 bits per heavy atom. The maximum atomic E-state index is 11.8. The maximum absolute atomic E-state index is 11.8. The number of hydrogen-bond donors (Lipinski definition) is 0. The lowest BCUT2D eigenvalue weighted by Crippen LogP contribution is -2.07. The molecule has 3 nitrogen and oxygen atoms in total. The third-order valence-electron chi connectivity index (χ3n) is 2.09. The number of hydrogen-bond acceptors (Lipinski definition) is 3. The van der Waals surface area contributed by atoms with E-state index in [9.17, 15) is 4.79 Å². The first kappa shape index (κ1) is 11.4. The Balaban J connectivity index is 2.67. The Bertz CT molecular complexity index is 344. The summed E-state index contributed by atoms with van der Waals surface area (Å²) in [5.74, 6) is 0.0771. The quantitative estimate of drug-likeness (QED) is 0.421. The highest BCUT2D eigenvalue weighted by molar-refractivity contribution is 6.09. The molecule has 0 heterocycles. The molecule has 0 aromatic heterocycles. The lowest BCUT2D eigenvalue weighted by Gasteiger charge is -2.02. The summed E-state index contributed by atoms with van der Waals surface area (Å²) in [6.07, 6.45) is 1.06. The van der Waals surface area contributed by atoms with Gasteiger partial charge >= 0.3 is 0 Å². The number of carbonyl (C=O) groups excluding carboxylic acids is 1. The van der Waals surface area contributed by atoms with E-state index in [1.807, 2.05) is 37.3 Å². The predicted molar refractivity (Wildman–Crippen MR) is 60.1 cm³/mol. The van der Waals surface area contributed by atoms with Crippen LogP contribution < -0.4 is 0 Å². The van der Waals surface area contributed by atoms with E-state index in [2.05, 4.69) is 9.99 Å². The minimum atomic E-state index is 0.0771. The van der Waals surface area contributed by atoms with Gasteiger partial charge in [0.15, 0.2) is 5.78 Å². The van der Waals surface area contributed by atoms with Crippen LogP contribution in [0.4, 0.5) is 0 Å². The maximum Gasteiger partial charge on any atom is 0.168 e. The normalized spacial score (nSPS) is 11.2. The largest absolute Gasteiger partial charge is 0.399 e. The first-order chi connectivity index (χ1) is 7.27. The highest BCUT2D eigenvalue weighted by Gasteiger charge is 2.08. The van der Waals surface area contributed by atoms with Gasteiger partial charge in [-0.2, -0.15) is 0 Å². The molecule has 0 aliphatic rings. The summed E-state index contributed by atoms with van der Waals surface area (Å²) in [4.78, 5) is 16.4. The minimum Gasteiger partial charge on any atom is -0.399 e. The van der Waals surface area contributed by atoms with Crippen molar-refractivity contribution in [2.45, 2.75) is 19.8 Å². The van der Waals surface area contributed by atoms with E-state index in [0.29, 0.717) is 6.42 Å². The number of Topliss-reactive ketones (excluding diaryl/α,β-unsaturated/α-hetero) is 1. The van der Waals surface area contributed by atoms with Crippen LogP contribution in [0.25, 0.3) is 0 Å². The second kappa shape index (κ2) is 5.96. The molecule has 0 unspecified atom stereocenters. The van der Waals surface area contributed by atoms with Gasteiger partial charge in [0.25, 0.3) is 0 Å². The zero-order valence-electron chi connectivity index (χ0n) is 9.06. The third-order valence-corrected chi connectivity index (χ3v) is 2.09. The smallest absolute Gasteiger partial charge is 0.168 e. The highest BCUT2D eigenvalue weighted by atomic mass is 16.6. The summed E-state index contributed by atoms with van der Waals surface area (Å²) < 4.78 is 0. The molecule has 0 saturated carbocycles. The van der Waals surface area contributed by atoms with Crippen molar-refractivity contribution in [1.82, 2.24) is 0 Å². The van der Waals surface area contributed by atoms with Crippen LogP contribution in [0.5, 0.6) is 0 Å². The van der Waals surface area contributed by atoms with E-state index in [1.165, 1.54) is 7.11 Å². The molecule has 0 bridgehead atoms. The van der Waals surface area contributed by atoms with Gasteiger partial charge in [0.2, 0.25) is 0 Å². The molecular formula is C12H15NO2. The molecule has 0 saturated heterocycles. The molecule has 0 N–H and O–H groups in total. The monoisotopic (exact) mass is 205 g/mol. The molecule has 80 valence electrons. The van der Waals surface area contributed by atoms with E-state index in [4.69, 9.17) is 0 Å². The van der Waals surface area contributed by atoms with E-state index in [1.54, 1.807) is 0 Å². The molecule has 15 heavy (non-hydrogen) atoms. The van der Waals surface area contributed by atoms with Crippen LogP contribution in [0, 0.1) is 0 Å². The lowest BCUT2D eigenvalue weighted by atomic mass is 10.0. The molecular weight excluding hydrogens is 190 g/mol. The number of oxime groups is 1. The van der Waals surface area contributed by atoms with Crippen LogP contribution in [0.3, 0.4) is 0 Å². The first-order valence-corrected chi connectivity index (χ1v) is 4.95. The second-order valence-electron chi connectivity index (χ2n) is 3.16. The Labute approximate surface area is 89.7 Å². The Kier molecular flexibility index (Phi) is 4.54. The van der Waals surface area contributed by atoms with Crippen molar-refractivity contribution in [3.63, 3.8) is 0 Å². The van der Waals surface area contributed by atoms with E-state index in [-0.39, 0.29) is 5.78 Å². The molecule has 0 aliphatic heterocycles. The van der Waals surface area contributed by atoms with Gasteiger partial charge in [-0.3, -0.25) is 4.79 Å². The Hall–Kier alpha value is -1.64. The van der Waals surface area contributed by atoms with Crippen molar-refractivity contribution in [3.8, 4) is 0 Å². The van der Waals surface area contributed by atoms with Gasteiger partial charge in [-0.15, -0.1) is 0 Å². The number of rotatable bonds is 5. The summed E-state index contributed by atoms with van der Waals surface area (Å²) >= 11 is 0. The van der Waals surface area contributed by atoms with Gasteiger partial charge in [0.05, 0.1) is 12.1 Å². The van der Waals surface area contributed by atoms with Gasteiger partial charge in [0.1, 0.15) is 7.11 Å². The van der Waals surface area contributed by atoms with Crippen molar-refractivity contribution in [2.75, 3.05) is 7.11 Å². The number of nitrogens with zero attached hydrogens (tertiary/aromatic N) is 1. The molecule has 1 aromatic rings. The van der Waals surface area contributed by atoms with Gasteiger partial charge < -0.3 is 4.84 Å². The standard InChI is InChI=1S/C12H15NO2/c1-3-11(13-15-2)9-12(14)10-7-5-4-6-8-10/h4-8H,3,9H2,1-2H3. The van der Waals surface area contributed by atoms with Crippen molar-refractivity contribution < 1.29 is 9.63 Å². The van der Waals surface area contributed by atoms with Gasteiger partial charge in [-0.1, -0.05) is 42.4 Å². The average Bonchev–Trinajstić information content (AvgIpc) is 2.29. The van der Waals surface area contributed by atoms with Crippen LogP contribution in [-0.2, 0) is 4.84 Å². The molecule has 3 heteroatoms. The van der Waals surface area contributed by atoms with Crippen LogP contribution in [-0.4, -0.2) is 18.6 Å². The van der Waals surface area contributed by atoms with Gasteiger partial charge in [0, 0.05) is 5.56 Å². The number of carbonyl (C=O) groups is 1. The predicted octanol–water partition coefficient (Wildman–Crippen LogP) is 2.67. The lowest BCUT2D eigenvalue weighted by molar-refractivity contribution is 0.0998. The van der Waals surface area contributed by atoms with Crippen LogP contribution in [0.2, 0.25) is 0 Å². The molecule has 0 fully saturated rings. The molecule has 0 amide bonds. The topological polar surface area (TPSA) is 38.7 Å². The SMILES string of the molecule is CCC(CC(=O)c1ccccc1)=NOC. The molecule has 0 aliphatic carbocycles. The van der Waals surface area contributed by atoms with Crippen molar-refractivity contribution in [2.24, 2.45) is 5.16 Å². The zero-order valence-corrected chi connectivity index (χ0v) is 9.06. The van der Waals surface area contributed by atoms with Crippen molar-refractivity contribution in [1.29, 1.82) is 0 Å². The van der Waals surface area contributed by atoms with Crippen molar-refractivity contribution in [3.05, 3.63) is 35.9 Å². The molecule has 1 rings (SSSR count). The van der Waals surface area contributed by atoms with E-state index in [0.717, 1.165) is 17.7 Å². The van der Waals surface area contributed by atoms with Crippen molar-refractivity contribution >= 4 is 11.5 Å². The zero-order chi connectivity index (χ0) is 11.1. The number of ketones is 1.